The first kappa shape index (κ1) is 25.3. The Hall–Kier alpha value is -2.35. The van der Waals surface area contributed by atoms with Gasteiger partial charge in [-0.25, -0.2) is 4.79 Å². The fraction of sp³-hybridized carbons (Fsp3) is 0.500. The summed E-state index contributed by atoms with van der Waals surface area (Å²) in [7, 11) is -1.77. The maximum absolute atomic E-state index is 12.4. The number of nitrogens with one attached hydrogen (secondary N) is 1. The number of benzene rings is 1. The number of halogens is 1. The van der Waals surface area contributed by atoms with Crippen molar-refractivity contribution in [2.45, 2.75) is 64.8 Å². The summed E-state index contributed by atoms with van der Waals surface area (Å²) in [4.78, 5) is 22.8. The van der Waals surface area contributed by atoms with Crippen LogP contribution in [0.25, 0.3) is 10.9 Å². The van der Waals surface area contributed by atoms with Crippen molar-refractivity contribution >= 4 is 42.0 Å². The summed E-state index contributed by atoms with van der Waals surface area (Å²) in [6, 6.07) is 6.36. The van der Waals surface area contributed by atoms with Crippen LogP contribution >= 0.6 is 11.6 Å². The predicted molar refractivity (Wildman–Crippen MR) is 147 cm³/mol. The van der Waals surface area contributed by atoms with E-state index in [9.17, 15) is 9.90 Å². The molecule has 1 atom stereocenters. The third kappa shape index (κ3) is 4.35. The second kappa shape index (κ2) is 9.84. The molecule has 1 fully saturated rings. The molecule has 8 heteroatoms. The highest BCUT2D eigenvalue weighted by Crippen LogP contribution is 2.47. The van der Waals surface area contributed by atoms with Crippen molar-refractivity contribution in [1.82, 2.24) is 14.9 Å². The van der Waals surface area contributed by atoms with E-state index < -0.39 is 8.07 Å². The quantitative estimate of drug-likeness (QED) is 0.450. The maximum Gasteiger partial charge on any atom is 0.409 e. The van der Waals surface area contributed by atoms with E-state index in [1.54, 1.807) is 0 Å². The second-order valence-electron chi connectivity index (χ2n) is 11.1. The molecule has 1 aromatic carbocycles. The highest BCUT2D eigenvalue weighted by Gasteiger charge is 2.38. The first-order valence-electron chi connectivity index (χ1n) is 13.1. The van der Waals surface area contributed by atoms with Gasteiger partial charge in [-0.15, -0.1) is 0 Å². The van der Waals surface area contributed by atoms with Crippen molar-refractivity contribution in [3.8, 4) is 0 Å². The van der Waals surface area contributed by atoms with Crippen molar-refractivity contribution in [1.29, 1.82) is 0 Å². The minimum Gasteiger partial charge on any atom is -0.450 e. The Morgan fingerprint density at radius 3 is 2.64 bits per heavy atom. The molecule has 1 saturated heterocycles. The summed E-state index contributed by atoms with van der Waals surface area (Å²) in [5.74, 6) is 0.403. The van der Waals surface area contributed by atoms with Crippen LogP contribution in [0.2, 0.25) is 24.7 Å². The number of nitrogens with zero attached hydrogens (tertiary/aromatic N) is 2. The Morgan fingerprint density at radius 2 is 1.97 bits per heavy atom. The molecule has 1 aliphatic carbocycles. The van der Waals surface area contributed by atoms with Crippen molar-refractivity contribution in [2.75, 3.05) is 19.7 Å². The number of aromatic amines is 1. The Morgan fingerprint density at radius 1 is 1.25 bits per heavy atom. The number of likely N-dealkylation sites (tertiary alicyclic amines) is 1. The third-order valence-electron chi connectivity index (χ3n) is 7.90. The van der Waals surface area contributed by atoms with Gasteiger partial charge in [0.25, 0.3) is 0 Å². The molecule has 0 unspecified atom stereocenters. The molecule has 3 aromatic rings. The van der Waals surface area contributed by atoms with Crippen LogP contribution in [0.1, 0.15) is 53.6 Å². The summed E-state index contributed by atoms with van der Waals surface area (Å²) in [6.45, 7) is 10.4. The standard InChI is InChI=1S/C28H36ClN3O3Si/c1-5-35-28(34)32-13-10-17(11-14-32)23-22-19(9-8-18-7-6-12-30-25(18)23)15-21(29)26-24(22)20(16-33)27(31-26)36(2,3)4/h6-7,12,15,17,23,31,33H,5,8-11,13-14,16H2,1-4H3/t23-/m1/s1. The van der Waals surface area contributed by atoms with Crippen LogP contribution in [-0.4, -0.2) is 53.8 Å². The minimum absolute atomic E-state index is 0.0184. The number of ether oxygens (including phenoxy) is 1. The predicted octanol–water partition coefficient (Wildman–Crippen LogP) is 5.35. The Balaban J connectivity index is 1.70. The number of fused-ring (bicyclic) bond motifs is 4. The summed E-state index contributed by atoms with van der Waals surface area (Å²) in [5, 5.41) is 13.6. The number of piperidine rings is 1. The lowest BCUT2D eigenvalue weighted by Gasteiger charge is -2.36. The van der Waals surface area contributed by atoms with E-state index in [0.29, 0.717) is 25.6 Å². The van der Waals surface area contributed by atoms with Crippen molar-refractivity contribution in [3.05, 3.63) is 57.4 Å². The number of carbonyl (C=O) groups excluding carboxylic acids is 1. The van der Waals surface area contributed by atoms with Crippen LogP contribution in [0.3, 0.4) is 0 Å². The van der Waals surface area contributed by atoms with Gasteiger partial charge in [0, 0.05) is 41.5 Å². The second-order valence-corrected chi connectivity index (χ2v) is 16.5. The monoisotopic (exact) mass is 525 g/mol. The SMILES string of the molecule is CCOC(=O)N1CCC([C@H]2c3ncccc3CCc3cc(Cl)c4[nH]c([Si](C)(C)C)c(CO)c4c32)CC1. The fourth-order valence-electron chi connectivity index (χ4n) is 6.28. The van der Waals surface area contributed by atoms with E-state index in [1.807, 2.05) is 24.1 Å². The Kier molecular flexibility index (Phi) is 6.92. The summed E-state index contributed by atoms with van der Waals surface area (Å²) >= 11 is 6.90. The molecule has 2 N–H and O–H groups in total. The van der Waals surface area contributed by atoms with Gasteiger partial charge in [0.1, 0.15) is 0 Å². The van der Waals surface area contributed by atoms with Gasteiger partial charge in [-0.05, 0) is 67.3 Å². The topological polar surface area (TPSA) is 78.5 Å². The molecule has 2 aliphatic rings. The number of H-pyrrole nitrogens is 1. The van der Waals surface area contributed by atoms with Gasteiger partial charge in [-0.3, -0.25) is 4.98 Å². The molecule has 5 rings (SSSR count). The lowest BCUT2D eigenvalue weighted by Crippen LogP contribution is -2.41. The molecule has 1 aliphatic heterocycles. The summed E-state index contributed by atoms with van der Waals surface area (Å²) in [5.41, 5.74) is 6.86. The molecule has 2 aromatic heterocycles. The molecule has 0 radical (unpaired) electrons. The molecule has 0 bridgehead atoms. The molecule has 36 heavy (non-hydrogen) atoms. The van der Waals surface area contributed by atoms with Crippen molar-refractivity contribution in [3.63, 3.8) is 0 Å². The van der Waals surface area contributed by atoms with Gasteiger partial charge in [0.15, 0.2) is 0 Å². The highest BCUT2D eigenvalue weighted by atomic mass is 35.5. The number of aromatic nitrogens is 2. The van der Waals surface area contributed by atoms with Gasteiger partial charge in [-0.1, -0.05) is 37.3 Å². The van der Waals surface area contributed by atoms with E-state index in [4.69, 9.17) is 21.3 Å². The van der Waals surface area contributed by atoms with Gasteiger partial charge in [0.2, 0.25) is 0 Å². The molecule has 1 amide bonds. The average molecular weight is 526 g/mol. The lowest BCUT2D eigenvalue weighted by molar-refractivity contribution is 0.0900. The molecule has 0 spiro atoms. The first-order valence-corrected chi connectivity index (χ1v) is 16.9. The third-order valence-corrected chi connectivity index (χ3v) is 10.1. The molecule has 6 nitrogen and oxygen atoms in total. The smallest absolute Gasteiger partial charge is 0.409 e. The van der Waals surface area contributed by atoms with E-state index in [-0.39, 0.29) is 18.6 Å². The Labute approximate surface area is 219 Å². The number of hydrogen-bond acceptors (Lipinski definition) is 4. The summed E-state index contributed by atoms with van der Waals surface area (Å²) < 4.78 is 5.26. The van der Waals surface area contributed by atoms with Crippen LogP contribution in [-0.2, 0) is 24.2 Å². The number of aliphatic hydroxyl groups is 1. The fourth-order valence-corrected chi connectivity index (χ4v) is 8.16. The first-order chi connectivity index (χ1) is 17.2. The van der Waals surface area contributed by atoms with Crippen molar-refractivity contribution < 1.29 is 14.6 Å². The molecular weight excluding hydrogens is 490 g/mol. The number of amides is 1. The van der Waals surface area contributed by atoms with E-state index in [0.717, 1.165) is 58.2 Å². The zero-order valence-electron chi connectivity index (χ0n) is 21.7. The number of carbonyl (C=O) groups is 1. The number of hydrogen-bond donors (Lipinski definition) is 2. The van der Waals surface area contributed by atoms with E-state index in [1.165, 1.54) is 16.7 Å². The maximum atomic E-state index is 12.4. The van der Waals surface area contributed by atoms with Crippen LogP contribution < -0.4 is 5.32 Å². The number of aryl methyl sites for hydroxylation is 2. The van der Waals surface area contributed by atoms with Crippen molar-refractivity contribution in [2.24, 2.45) is 5.92 Å². The molecule has 192 valence electrons. The average Bonchev–Trinajstić information content (AvgIpc) is 3.19. The van der Waals surface area contributed by atoms with Crippen LogP contribution in [0.4, 0.5) is 4.79 Å². The number of aliphatic hydroxyl groups excluding tert-OH is 1. The summed E-state index contributed by atoms with van der Waals surface area (Å²) in [6.07, 6.45) is 5.23. The van der Waals surface area contributed by atoms with Gasteiger partial charge in [-0.2, -0.15) is 0 Å². The van der Waals surface area contributed by atoms with Crippen LogP contribution in [0, 0.1) is 5.92 Å². The normalized spacial score (nSPS) is 18.6. The highest BCUT2D eigenvalue weighted by molar-refractivity contribution is 6.88. The zero-order chi connectivity index (χ0) is 25.6. The van der Waals surface area contributed by atoms with Crippen LogP contribution in [0.5, 0.6) is 0 Å². The van der Waals surface area contributed by atoms with E-state index in [2.05, 4.69) is 36.8 Å². The largest absolute Gasteiger partial charge is 0.450 e. The lowest BCUT2D eigenvalue weighted by atomic mass is 9.75. The molecule has 0 saturated carbocycles. The minimum atomic E-state index is -1.77. The van der Waals surface area contributed by atoms with Gasteiger partial charge >= 0.3 is 6.09 Å². The van der Waals surface area contributed by atoms with E-state index >= 15 is 0 Å². The molecule has 3 heterocycles. The van der Waals surface area contributed by atoms with Gasteiger partial charge < -0.3 is 19.7 Å². The number of rotatable bonds is 4. The number of pyridine rings is 1. The van der Waals surface area contributed by atoms with Crippen LogP contribution in [0.15, 0.2) is 24.4 Å². The molecular formula is C28H36ClN3O3Si. The zero-order valence-corrected chi connectivity index (χ0v) is 23.4. The van der Waals surface area contributed by atoms with Gasteiger partial charge in [0.05, 0.1) is 37.5 Å². The Bertz CT molecular complexity index is 1290.